The fourth-order valence-electron chi connectivity index (χ4n) is 1.97. The van der Waals surface area contributed by atoms with E-state index in [2.05, 4.69) is 5.32 Å². The largest absolute Gasteiger partial charge is 0.507 e. The normalized spacial score (nSPS) is 10.2. The topological polar surface area (TPSA) is 84.6 Å². The highest BCUT2D eigenvalue weighted by molar-refractivity contribution is 6.07. The highest BCUT2D eigenvalue weighted by Crippen LogP contribution is 2.27. The summed E-state index contributed by atoms with van der Waals surface area (Å²) in [7, 11) is 1.49. The molecule has 2 rings (SSSR count). The summed E-state index contributed by atoms with van der Waals surface area (Å²) in [6.07, 6.45) is 0. The second-order valence-electron chi connectivity index (χ2n) is 4.86. The van der Waals surface area contributed by atoms with Crippen LogP contribution in [0.1, 0.15) is 21.5 Å². The third-order valence-corrected chi connectivity index (χ3v) is 3.36. The Kier molecular flexibility index (Phi) is 4.03. The van der Waals surface area contributed by atoms with Gasteiger partial charge >= 0.3 is 0 Å². The molecule has 0 unspecified atom stereocenters. The smallest absolute Gasteiger partial charge is 0.259 e. The van der Waals surface area contributed by atoms with E-state index in [0.717, 1.165) is 11.1 Å². The molecule has 0 saturated heterocycles. The Balaban J connectivity index is 2.28. The first-order valence-electron chi connectivity index (χ1n) is 6.47. The van der Waals surface area contributed by atoms with Crippen LogP contribution >= 0.6 is 0 Å². The summed E-state index contributed by atoms with van der Waals surface area (Å²) in [5.74, 6) is -0.0888. The third kappa shape index (κ3) is 3.08. The molecule has 4 N–H and O–H groups in total. The van der Waals surface area contributed by atoms with Crippen molar-refractivity contribution in [2.75, 3.05) is 18.2 Å². The third-order valence-electron chi connectivity index (χ3n) is 3.36. The van der Waals surface area contributed by atoms with E-state index in [1.54, 1.807) is 12.1 Å². The summed E-state index contributed by atoms with van der Waals surface area (Å²) in [5.41, 5.74) is 9.16. The molecule has 0 fully saturated rings. The molecule has 110 valence electrons. The van der Waals surface area contributed by atoms with Gasteiger partial charge in [-0.3, -0.25) is 4.79 Å². The number of hydrogen-bond donors (Lipinski definition) is 3. The zero-order valence-electron chi connectivity index (χ0n) is 12.2. The Morgan fingerprint density at radius 2 is 1.86 bits per heavy atom. The number of nitrogens with one attached hydrogen (secondary N) is 1. The van der Waals surface area contributed by atoms with Gasteiger partial charge < -0.3 is 20.9 Å². The van der Waals surface area contributed by atoms with Gasteiger partial charge in [0.25, 0.3) is 5.91 Å². The molecular formula is C16H18N2O3. The number of ether oxygens (including phenoxy) is 1. The van der Waals surface area contributed by atoms with Gasteiger partial charge in [0, 0.05) is 6.07 Å². The average Bonchev–Trinajstić information content (AvgIpc) is 2.44. The molecule has 0 atom stereocenters. The fourth-order valence-corrected chi connectivity index (χ4v) is 1.97. The van der Waals surface area contributed by atoms with Crippen molar-refractivity contribution in [3.63, 3.8) is 0 Å². The Morgan fingerprint density at radius 1 is 1.19 bits per heavy atom. The van der Waals surface area contributed by atoms with Crippen molar-refractivity contribution in [2.24, 2.45) is 0 Å². The highest BCUT2D eigenvalue weighted by atomic mass is 16.5. The molecule has 0 heterocycles. The zero-order valence-corrected chi connectivity index (χ0v) is 12.2. The predicted molar refractivity (Wildman–Crippen MR) is 82.9 cm³/mol. The number of amides is 1. The first-order chi connectivity index (χ1) is 9.92. The SMILES string of the molecule is COc1ccc(C(=O)Nc2cc(C)c(C)cc2N)c(O)c1. The molecule has 0 aliphatic carbocycles. The van der Waals surface area contributed by atoms with Crippen LogP contribution in [-0.4, -0.2) is 18.1 Å². The number of benzene rings is 2. The lowest BCUT2D eigenvalue weighted by Crippen LogP contribution is -2.13. The van der Waals surface area contributed by atoms with Crippen LogP contribution in [-0.2, 0) is 0 Å². The number of hydrogen-bond acceptors (Lipinski definition) is 4. The van der Waals surface area contributed by atoms with Gasteiger partial charge in [-0.2, -0.15) is 0 Å². The van der Waals surface area contributed by atoms with Gasteiger partial charge in [-0.1, -0.05) is 0 Å². The fraction of sp³-hybridized carbons (Fsp3) is 0.188. The van der Waals surface area contributed by atoms with Crippen LogP contribution < -0.4 is 15.8 Å². The standard InChI is InChI=1S/C16H18N2O3/c1-9-6-13(17)14(7-10(9)2)18-16(20)12-5-4-11(21-3)8-15(12)19/h4-8,19H,17H2,1-3H3,(H,18,20). The zero-order chi connectivity index (χ0) is 15.6. The van der Waals surface area contributed by atoms with Crippen molar-refractivity contribution in [1.82, 2.24) is 0 Å². The molecule has 21 heavy (non-hydrogen) atoms. The van der Waals surface area contributed by atoms with Gasteiger partial charge in [0.1, 0.15) is 11.5 Å². The van der Waals surface area contributed by atoms with E-state index in [-0.39, 0.29) is 11.3 Å². The number of aryl methyl sites for hydroxylation is 2. The molecule has 0 radical (unpaired) electrons. The highest BCUT2D eigenvalue weighted by Gasteiger charge is 2.14. The van der Waals surface area contributed by atoms with Crippen LogP contribution in [0.25, 0.3) is 0 Å². The van der Waals surface area contributed by atoms with Crippen molar-refractivity contribution in [1.29, 1.82) is 0 Å². The van der Waals surface area contributed by atoms with Crippen LogP contribution in [0.5, 0.6) is 11.5 Å². The molecule has 0 bridgehead atoms. The minimum atomic E-state index is -0.426. The summed E-state index contributed by atoms with van der Waals surface area (Å²) in [4.78, 5) is 12.2. The van der Waals surface area contributed by atoms with Crippen LogP contribution in [0, 0.1) is 13.8 Å². The lowest BCUT2D eigenvalue weighted by atomic mass is 10.1. The molecule has 0 saturated carbocycles. The number of nitrogens with two attached hydrogens (primary N) is 1. The molecule has 5 heteroatoms. The lowest BCUT2D eigenvalue weighted by molar-refractivity contribution is 0.102. The molecule has 0 aliphatic rings. The molecule has 2 aromatic carbocycles. The van der Waals surface area contributed by atoms with Crippen molar-refractivity contribution in [3.8, 4) is 11.5 Å². The summed E-state index contributed by atoms with van der Waals surface area (Å²) < 4.78 is 4.98. The maximum atomic E-state index is 12.2. The molecule has 0 aromatic heterocycles. The molecule has 5 nitrogen and oxygen atoms in total. The van der Waals surface area contributed by atoms with E-state index in [9.17, 15) is 9.90 Å². The number of phenols is 1. The molecule has 2 aromatic rings. The predicted octanol–water partition coefficient (Wildman–Crippen LogP) is 2.85. The number of aromatic hydroxyl groups is 1. The van der Waals surface area contributed by atoms with E-state index in [4.69, 9.17) is 10.5 Å². The minimum absolute atomic E-state index is 0.144. The van der Waals surface area contributed by atoms with Crippen molar-refractivity contribution in [2.45, 2.75) is 13.8 Å². The number of anilines is 2. The Hall–Kier alpha value is -2.69. The summed E-state index contributed by atoms with van der Waals surface area (Å²) in [5, 5.41) is 12.6. The Labute approximate surface area is 123 Å². The minimum Gasteiger partial charge on any atom is -0.507 e. The maximum Gasteiger partial charge on any atom is 0.259 e. The van der Waals surface area contributed by atoms with Gasteiger partial charge in [-0.05, 0) is 49.2 Å². The van der Waals surface area contributed by atoms with E-state index < -0.39 is 5.91 Å². The Morgan fingerprint density at radius 3 is 2.48 bits per heavy atom. The molecular weight excluding hydrogens is 268 g/mol. The number of carbonyl (C=O) groups is 1. The Bertz CT molecular complexity index is 696. The first-order valence-corrected chi connectivity index (χ1v) is 6.47. The van der Waals surface area contributed by atoms with E-state index in [1.807, 2.05) is 19.9 Å². The van der Waals surface area contributed by atoms with Crippen molar-refractivity contribution in [3.05, 3.63) is 47.0 Å². The van der Waals surface area contributed by atoms with Crippen molar-refractivity contribution >= 4 is 17.3 Å². The number of rotatable bonds is 3. The number of carbonyl (C=O) groups excluding carboxylic acids is 1. The van der Waals surface area contributed by atoms with E-state index >= 15 is 0 Å². The van der Waals surface area contributed by atoms with Crippen LogP contribution in [0.3, 0.4) is 0 Å². The molecule has 0 aliphatic heterocycles. The van der Waals surface area contributed by atoms with Gasteiger partial charge in [-0.15, -0.1) is 0 Å². The number of nitrogen functional groups attached to an aromatic ring is 1. The van der Waals surface area contributed by atoms with Crippen LogP contribution in [0.4, 0.5) is 11.4 Å². The second kappa shape index (κ2) is 5.75. The molecule has 1 amide bonds. The number of phenolic OH excluding ortho intramolecular Hbond substituents is 1. The summed E-state index contributed by atoms with van der Waals surface area (Å²) >= 11 is 0. The monoisotopic (exact) mass is 286 g/mol. The number of methoxy groups -OCH3 is 1. The van der Waals surface area contributed by atoms with Gasteiger partial charge in [0.15, 0.2) is 0 Å². The maximum absolute atomic E-state index is 12.2. The molecule has 0 spiro atoms. The summed E-state index contributed by atoms with van der Waals surface area (Å²) in [6.45, 7) is 3.89. The van der Waals surface area contributed by atoms with E-state index in [0.29, 0.717) is 17.1 Å². The van der Waals surface area contributed by atoms with Crippen LogP contribution in [0.15, 0.2) is 30.3 Å². The van der Waals surface area contributed by atoms with Gasteiger partial charge in [0.2, 0.25) is 0 Å². The van der Waals surface area contributed by atoms with Crippen LogP contribution in [0.2, 0.25) is 0 Å². The van der Waals surface area contributed by atoms with Gasteiger partial charge in [0.05, 0.1) is 24.0 Å². The summed E-state index contributed by atoms with van der Waals surface area (Å²) in [6, 6.07) is 8.11. The first kappa shape index (κ1) is 14.7. The van der Waals surface area contributed by atoms with Gasteiger partial charge in [-0.25, -0.2) is 0 Å². The van der Waals surface area contributed by atoms with Crippen molar-refractivity contribution < 1.29 is 14.6 Å². The quantitative estimate of drug-likeness (QED) is 0.757. The second-order valence-corrected chi connectivity index (χ2v) is 4.86. The average molecular weight is 286 g/mol. The lowest BCUT2D eigenvalue weighted by Gasteiger charge is -2.12. The van der Waals surface area contributed by atoms with E-state index in [1.165, 1.54) is 19.2 Å².